The number of hydrogen-bond donors (Lipinski definition) is 1. The van der Waals surface area contributed by atoms with E-state index in [1.165, 1.54) is 12.8 Å². The highest BCUT2D eigenvalue weighted by Gasteiger charge is 2.47. The van der Waals surface area contributed by atoms with Gasteiger partial charge in [0.1, 0.15) is 0 Å². The topological polar surface area (TPSA) is 49.4 Å². The van der Waals surface area contributed by atoms with E-state index in [1.807, 2.05) is 6.92 Å². The fraction of sp³-hybridized carbons (Fsp3) is 1.00. The summed E-state index contributed by atoms with van der Waals surface area (Å²) < 4.78 is 24.0. The molecule has 2 rings (SSSR count). The normalized spacial score (nSPS) is 32.5. The highest BCUT2D eigenvalue weighted by Crippen LogP contribution is 2.44. The van der Waals surface area contributed by atoms with Crippen molar-refractivity contribution in [1.29, 1.82) is 0 Å². The first kappa shape index (κ1) is 16.2. The van der Waals surface area contributed by atoms with Gasteiger partial charge in [-0.2, -0.15) is 0 Å². The van der Waals surface area contributed by atoms with Crippen molar-refractivity contribution in [2.24, 2.45) is 5.92 Å². The van der Waals surface area contributed by atoms with Gasteiger partial charge in [0, 0.05) is 37.0 Å². The molecule has 2 aliphatic rings. The largest absolute Gasteiger partial charge is 0.311 e. The molecule has 1 heterocycles. The second kappa shape index (κ2) is 6.32. The molecular formula is C15H30N2O2S. The summed E-state index contributed by atoms with van der Waals surface area (Å²) in [6.07, 6.45) is 4.43. The van der Waals surface area contributed by atoms with Crippen molar-refractivity contribution in [3.63, 3.8) is 0 Å². The SMILES string of the molecule is CCCS(=O)(=O)CCN1CC(CC)NCC1(C)C1CC1. The molecule has 1 aliphatic carbocycles. The average molecular weight is 302 g/mol. The molecule has 1 saturated carbocycles. The molecule has 0 radical (unpaired) electrons. The Kier molecular flexibility index (Phi) is 5.14. The molecule has 0 amide bonds. The highest BCUT2D eigenvalue weighted by atomic mass is 32.2. The van der Waals surface area contributed by atoms with Crippen LogP contribution in [0.3, 0.4) is 0 Å². The van der Waals surface area contributed by atoms with Crippen molar-refractivity contribution in [2.75, 3.05) is 31.1 Å². The van der Waals surface area contributed by atoms with E-state index in [0.29, 0.717) is 24.1 Å². The quantitative estimate of drug-likeness (QED) is 0.777. The molecule has 0 spiro atoms. The van der Waals surface area contributed by atoms with Crippen molar-refractivity contribution in [1.82, 2.24) is 10.2 Å². The van der Waals surface area contributed by atoms with Gasteiger partial charge in [-0.1, -0.05) is 13.8 Å². The smallest absolute Gasteiger partial charge is 0.151 e. The Hall–Kier alpha value is -0.130. The maximum Gasteiger partial charge on any atom is 0.151 e. The van der Waals surface area contributed by atoms with Crippen LogP contribution in [-0.4, -0.2) is 56.0 Å². The lowest BCUT2D eigenvalue weighted by Crippen LogP contribution is -2.64. The summed E-state index contributed by atoms with van der Waals surface area (Å²) in [4.78, 5) is 2.46. The van der Waals surface area contributed by atoms with E-state index < -0.39 is 9.84 Å². The lowest BCUT2D eigenvalue weighted by molar-refractivity contribution is 0.0398. The first-order chi connectivity index (χ1) is 9.41. The lowest BCUT2D eigenvalue weighted by Gasteiger charge is -2.48. The Labute approximate surface area is 124 Å². The maximum atomic E-state index is 12.0. The third-order valence-electron chi connectivity index (χ3n) is 5.05. The number of rotatable bonds is 7. The van der Waals surface area contributed by atoms with Crippen LogP contribution < -0.4 is 5.32 Å². The van der Waals surface area contributed by atoms with E-state index in [2.05, 4.69) is 24.1 Å². The highest BCUT2D eigenvalue weighted by molar-refractivity contribution is 7.91. The maximum absolute atomic E-state index is 12.0. The van der Waals surface area contributed by atoms with E-state index in [9.17, 15) is 8.42 Å². The van der Waals surface area contributed by atoms with Crippen LogP contribution in [0.5, 0.6) is 0 Å². The summed E-state index contributed by atoms with van der Waals surface area (Å²) in [5.41, 5.74) is 0.160. The average Bonchev–Trinajstić information content (AvgIpc) is 3.22. The molecule has 1 N–H and O–H groups in total. The second-order valence-corrected chi connectivity index (χ2v) is 9.02. The van der Waals surface area contributed by atoms with Crippen molar-refractivity contribution in [2.45, 2.75) is 58.0 Å². The van der Waals surface area contributed by atoms with Gasteiger partial charge in [0.15, 0.2) is 9.84 Å². The number of sulfone groups is 1. The predicted molar refractivity (Wildman–Crippen MR) is 83.7 cm³/mol. The zero-order valence-electron chi connectivity index (χ0n) is 13.2. The lowest BCUT2D eigenvalue weighted by atomic mass is 9.89. The van der Waals surface area contributed by atoms with Crippen molar-refractivity contribution in [3.8, 4) is 0 Å². The monoisotopic (exact) mass is 302 g/mol. The van der Waals surface area contributed by atoms with Crippen LogP contribution in [0.25, 0.3) is 0 Å². The molecule has 0 aromatic rings. The summed E-state index contributed by atoms with van der Waals surface area (Å²) in [6, 6.07) is 0.510. The molecule has 2 fully saturated rings. The number of hydrogen-bond acceptors (Lipinski definition) is 4. The van der Waals surface area contributed by atoms with E-state index in [4.69, 9.17) is 0 Å². The first-order valence-corrected chi connectivity index (χ1v) is 9.92. The van der Waals surface area contributed by atoms with Gasteiger partial charge in [-0.25, -0.2) is 8.42 Å². The summed E-state index contributed by atoms with van der Waals surface area (Å²) >= 11 is 0. The van der Waals surface area contributed by atoms with Crippen LogP contribution in [0.2, 0.25) is 0 Å². The minimum Gasteiger partial charge on any atom is -0.311 e. The molecule has 0 aromatic carbocycles. The van der Waals surface area contributed by atoms with Gasteiger partial charge < -0.3 is 5.32 Å². The van der Waals surface area contributed by atoms with E-state index in [1.54, 1.807) is 0 Å². The van der Waals surface area contributed by atoms with Crippen LogP contribution >= 0.6 is 0 Å². The van der Waals surface area contributed by atoms with Crippen molar-refractivity contribution in [3.05, 3.63) is 0 Å². The second-order valence-electron chi connectivity index (χ2n) is 6.72. The number of nitrogens with one attached hydrogen (secondary N) is 1. The standard InChI is InChI=1S/C15H30N2O2S/c1-4-9-20(18,19)10-8-17-11-14(5-2)16-12-15(17,3)13-6-7-13/h13-14,16H,4-12H2,1-3H3. The molecule has 1 aliphatic heterocycles. The van der Waals surface area contributed by atoms with Crippen LogP contribution in [0.1, 0.15) is 46.5 Å². The van der Waals surface area contributed by atoms with Crippen LogP contribution in [0, 0.1) is 5.92 Å². The fourth-order valence-electron chi connectivity index (χ4n) is 3.39. The van der Waals surface area contributed by atoms with Gasteiger partial charge in [-0.15, -0.1) is 0 Å². The Balaban J connectivity index is 2.00. The summed E-state index contributed by atoms with van der Waals surface area (Å²) in [6.45, 7) is 9.14. The Morgan fingerprint density at radius 2 is 1.95 bits per heavy atom. The summed E-state index contributed by atoms with van der Waals surface area (Å²) in [5.74, 6) is 1.40. The molecule has 2 unspecified atom stereocenters. The molecule has 0 bridgehead atoms. The van der Waals surface area contributed by atoms with E-state index in [0.717, 1.165) is 31.8 Å². The first-order valence-electron chi connectivity index (χ1n) is 8.10. The molecule has 118 valence electrons. The molecule has 2 atom stereocenters. The molecule has 1 saturated heterocycles. The van der Waals surface area contributed by atoms with Crippen molar-refractivity contribution < 1.29 is 8.42 Å². The van der Waals surface area contributed by atoms with E-state index >= 15 is 0 Å². The number of piperazine rings is 1. The Bertz CT molecular complexity index is 420. The molecular weight excluding hydrogens is 272 g/mol. The third-order valence-corrected chi connectivity index (χ3v) is 6.88. The zero-order valence-corrected chi connectivity index (χ0v) is 14.0. The predicted octanol–water partition coefficient (Wildman–Crippen LogP) is 1.66. The van der Waals surface area contributed by atoms with Crippen LogP contribution in [0.4, 0.5) is 0 Å². The van der Waals surface area contributed by atoms with Crippen LogP contribution in [-0.2, 0) is 9.84 Å². The molecule has 4 nitrogen and oxygen atoms in total. The summed E-state index contributed by atoms with van der Waals surface area (Å²) in [7, 11) is -2.87. The van der Waals surface area contributed by atoms with E-state index in [-0.39, 0.29) is 5.54 Å². The Morgan fingerprint density at radius 3 is 2.50 bits per heavy atom. The van der Waals surface area contributed by atoms with Crippen molar-refractivity contribution >= 4 is 9.84 Å². The van der Waals surface area contributed by atoms with Gasteiger partial charge in [0.05, 0.1) is 5.75 Å². The molecule has 5 heteroatoms. The molecule has 20 heavy (non-hydrogen) atoms. The van der Waals surface area contributed by atoms with Gasteiger partial charge in [0.25, 0.3) is 0 Å². The van der Waals surface area contributed by atoms with Gasteiger partial charge >= 0.3 is 0 Å². The van der Waals surface area contributed by atoms with Gasteiger partial charge in [-0.3, -0.25) is 4.90 Å². The van der Waals surface area contributed by atoms with Gasteiger partial charge in [0.2, 0.25) is 0 Å². The van der Waals surface area contributed by atoms with Crippen LogP contribution in [0.15, 0.2) is 0 Å². The summed E-state index contributed by atoms with van der Waals surface area (Å²) in [5, 5.41) is 3.64. The fourth-order valence-corrected chi connectivity index (χ4v) is 4.72. The third kappa shape index (κ3) is 3.74. The van der Waals surface area contributed by atoms with Gasteiger partial charge in [-0.05, 0) is 38.5 Å². The Morgan fingerprint density at radius 1 is 1.25 bits per heavy atom. The minimum absolute atomic E-state index is 0.160. The zero-order chi connectivity index (χ0) is 14.8. The minimum atomic E-state index is -2.87. The number of nitrogens with zero attached hydrogens (tertiary/aromatic N) is 1. The molecule has 0 aromatic heterocycles.